The van der Waals surface area contributed by atoms with Crippen molar-refractivity contribution >= 4 is 5.91 Å². The number of amides is 1. The minimum absolute atomic E-state index is 0.0275. The molecule has 1 fully saturated rings. The van der Waals surface area contributed by atoms with Crippen LogP contribution in [-0.2, 0) is 0 Å². The van der Waals surface area contributed by atoms with Gasteiger partial charge in [0.05, 0.1) is 6.10 Å². The molecule has 1 aromatic rings. The fourth-order valence-corrected chi connectivity index (χ4v) is 2.91. The lowest BCUT2D eigenvalue weighted by Crippen LogP contribution is -2.37. The van der Waals surface area contributed by atoms with Crippen LogP contribution in [0.2, 0.25) is 0 Å². The highest BCUT2D eigenvalue weighted by Crippen LogP contribution is 2.13. The number of hydrogen-bond acceptors (Lipinski definition) is 3. The molecule has 4 nitrogen and oxygen atoms in total. The smallest absolute Gasteiger partial charge is 0.251 e. The quantitative estimate of drug-likeness (QED) is 0.814. The van der Waals surface area contributed by atoms with Gasteiger partial charge in [0.25, 0.3) is 5.91 Å². The third-order valence-electron chi connectivity index (χ3n) is 4.20. The van der Waals surface area contributed by atoms with Gasteiger partial charge in [-0.1, -0.05) is 18.2 Å². The first-order valence-corrected chi connectivity index (χ1v) is 7.83. The molecule has 116 valence electrons. The van der Waals surface area contributed by atoms with Gasteiger partial charge in [-0.25, -0.2) is 0 Å². The van der Waals surface area contributed by atoms with Crippen LogP contribution in [0, 0.1) is 13.8 Å². The number of nitrogens with one attached hydrogen (secondary N) is 1. The first-order chi connectivity index (χ1) is 10.1. The first kappa shape index (κ1) is 16.0. The Morgan fingerprint density at radius 3 is 2.52 bits per heavy atom. The van der Waals surface area contributed by atoms with Crippen molar-refractivity contribution in [1.29, 1.82) is 0 Å². The SMILES string of the molecule is Cc1cccc(C)c1C(=O)NCCCN1CCC(O)CC1. The number of aliphatic hydroxyl groups excluding tert-OH is 1. The fraction of sp³-hybridized carbons (Fsp3) is 0.588. The number of hydrogen-bond donors (Lipinski definition) is 2. The molecule has 4 heteroatoms. The molecule has 0 aromatic heterocycles. The Hall–Kier alpha value is -1.39. The van der Waals surface area contributed by atoms with E-state index in [-0.39, 0.29) is 12.0 Å². The van der Waals surface area contributed by atoms with E-state index in [4.69, 9.17) is 0 Å². The van der Waals surface area contributed by atoms with E-state index in [2.05, 4.69) is 10.2 Å². The van der Waals surface area contributed by atoms with Crippen molar-refractivity contribution in [2.75, 3.05) is 26.2 Å². The monoisotopic (exact) mass is 290 g/mol. The van der Waals surface area contributed by atoms with Gasteiger partial charge >= 0.3 is 0 Å². The van der Waals surface area contributed by atoms with Gasteiger partial charge in [-0.05, 0) is 50.8 Å². The van der Waals surface area contributed by atoms with Crippen LogP contribution in [0.4, 0.5) is 0 Å². The second-order valence-electron chi connectivity index (χ2n) is 5.95. The Labute approximate surface area is 127 Å². The van der Waals surface area contributed by atoms with Crippen molar-refractivity contribution in [1.82, 2.24) is 10.2 Å². The van der Waals surface area contributed by atoms with E-state index >= 15 is 0 Å². The van der Waals surface area contributed by atoms with Gasteiger partial charge in [0, 0.05) is 25.2 Å². The average Bonchev–Trinajstić information content (AvgIpc) is 2.45. The Kier molecular flexibility index (Phi) is 5.76. The molecule has 0 atom stereocenters. The summed E-state index contributed by atoms with van der Waals surface area (Å²) in [6.45, 7) is 7.56. The summed E-state index contributed by atoms with van der Waals surface area (Å²) in [5.74, 6) is 0.0275. The molecule has 0 bridgehead atoms. The lowest BCUT2D eigenvalue weighted by atomic mass is 10.0. The number of aryl methyl sites for hydroxylation is 2. The number of rotatable bonds is 5. The number of nitrogens with zero attached hydrogens (tertiary/aromatic N) is 1. The van der Waals surface area contributed by atoms with Crippen molar-refractivity contribution in [3.63, 3.8) is 0 Å². The predicted molar refractivity (Wildman–Crippen MR) is 84.5 cm³/mol. The highest BCUT2D eigenvalue weighted by molar-refractivity contribution is 5.97. The number of likely N-dealkylation sites (tertiary alicyclic amines) is 1. The molecule has 1 saturated heterocycles. The minimum Gasteiger partial charge on any atom is -0.393 e. The molecule has 2 rings (SSSR count). The molecule has 0 aliphatic carbocycles. The van der Waals surface area contributed by atoms with Gasteiger partial charge in [0.2, 0.25) is 0 Å². The van der Waals surface area contributed by atoms with E-state index in [0.29, 0.717) is 6.54 Å². The average molecular weight is 290 g/mol. The number of aliphatic hydroxyl groups is 1. The van der Waals surface area contributed by atoms with E-state index in [1.807, 2.05) is 32.0 Å². The van der Waals surface area contributed by atoms with Crippen molar-refractivity contribution < 1.29 is 9.90 Å². The molecule has 0 saturated carbocycles. The van der Waals surface area contributed by atoms with Crippen molar-refractivity contribution in [2.45, 2.75) is 39.2 Å². The largest absolute Gasteiger partial charge is 0.393 e. The number of carbonyl (C=O) groups is 1. The Bertz CT molecular complexity index is 459. The molecule has 2 N–H and O–H groups in total. The van der Waals surface area contributed by atoms with E-state index < -0.39 is 0 Å². The molecule has 1 aliphatic heterocycles. The number of benzene rings is 1. The molecule has 1 aliphatic rings. The lowest BCUT2D eigenvalue weighted by Gasteiger charge is -2.29. The third kappa shape index (κ3) is 4.55. The van der Waals surface area contributed by atoms with Crippen LogP contribution < -0.4 is 5.32 Å². The lowest BCUT2D eigenvalue weighted by molar-refractivity contribution is 0.0816. The van der Waals surface area contributed by atoms with Gasteiger partial charge in [-0.3, -0.25) is 4.79 Å². The molecule has 0 spiro atoms. The fourth-order valence-electron chi connectivity index (χ4n) is 2.91. The number of carbonyl (C=O) groups excluding carboxylic acids is 1. The van der Waals surface area contributed by atoms with E-state index in [1.165, 1.54) is 0 Å². The maximum Gasteiger partial charge on any atom is 0.251 e. The number of piperidine rings is 1. The Morgan fingerprint density at radius 1 is 1.29 bits per heavy atom. The van der Waals surface area contributed by atoms with Crippen LogP contribution in [0.3, 0.4) is 0 Å². The summed E-state index contributed by atoms with van der Waals surface area (Å²) in [5.41, 5.74) is 2.86. The van der Waals surface area contributed by atoms with Gasteiger partial charge in [0.1, 0.15) is 0 Å². The Balaban J connectivity index is 1.72. The zero-order chi connectivity index (χ0) is 15.2. The van der Waals surface area contributed by atoms with Gasteiger partial charge in [0.15, 0.2) is 0 Å². The third-order valence-corrected chi connectivity index (χ3v) is 4.20. The van der Waals surface area contributed by atoms with Crippen molar-refractivity contribution in [3.05, 3.63) is 34.9 Å². The summed E-state index contributed by atoms with van der Waals surface area (Å²) in [6, 6.07) is 5.92. The summed E-state index contributed by atoms with van der Waals surface area (Å²) >= 11 is 0. The van der Waals surface area contributed by atoms with Crippen molar-refractivity contribution in [3.8, 4) is 0 Å². The highest BCUT2D eigenvalue weighted by atomic mass is 16.3. The maximum atomic E-state index is 12.2. The molecular formula is C17H26N2O2. The topological polar surface area (TPSA) is 52.6 Å². The Morgan fingerprint density at radius 2 is 1.90 bits per heavy atom. The van der Waals surface area contributed by atoms with Crippen LogP contribution in [0.15, 0.2) is 18.2 Å². The van der Waals surface area contributed by atoms with Crippen LogP contribution in [0.1, 0.15) is 40.7 Å². The molecule has 1 amide bonds. The summed E-state index contributed by atoms with van der Waals surface area (Å²) < 4.78 is 0. The standard InChI is InChI=1S/C17H26N2O2/c1-13-5-3-6-14(2)16(13)17(21)18-9-4-10-19-11-7-15(20)8-12-19/h3,5-6,15,20H,4,7-12H2,1-2H3,(H,18,21). The molecule has 21 heavy (non-hydrogen) atoms. The van der Waals surface area contributed by atoms with Crippen LogP contribution in [0.5, 0.6) is 0 Å². The molecule has 1 heterocycles. The molecule has 0 unspecified atom stereocenters. The molecular weight excluding hydrogens is 264 g/mol. The highest BCUT2D eigenvalue weighted by Gasteiger charge is 2.16. The molecule has 1 aromatic carbocycles. The second kappa shape index (κ2) is 7.57. The first-order valence-electron chi connectivity index (χ1n) is 7.83. The van der Waals surface area contributed by atoms with E-state index in [9.17, 15) is 9.90 Å². The van der Waals surface area contributed by atoms with Gasteiger partial charge < -0.3 is 15.3 Å². The zero-order valence-electron chi connectivity index (χ0n) is 13.1. The second-order valence-corrected chi connectivity index (χ2v) is 5.95. The molecule has 0 radical (unpaired) electrons. The van der Waals surface area contributed by atoms with Crippen molar-refractivity contribution in [2.24, 2.45) is 0 Å². The van der Waals surface area contributed by atoms with E-state index in [0.717, 1.165) is 55.6 Å². The zero-order valence-corrected chi connectivity index (χ0v) is 13.1. The normalized spacial score (nSPS) is 16.9. The van der Waals surface area contributed by atoms with Crippen LogP contribution >= 0.6 is 0 Å². The van der Waals surface area contributed by atoms with Crippen LogP contribution in [0.25, 0.3) is 0 Å². The summed E-state index contributed by atoms with van der Waals surface area (Å²) in [6.07, 6.45) is 2.57. The predicted octanol–water partition coefficient (Wildman–Crippen LogP) is 1.88. The van der Waals surface area contributed by atoms with E-state index in [1.54, 1.807) is 0 Å². The van der Waals surface area contributed by atoms with Gasteiger partial charge in [-0.2, -0.15) is 0 Å². The van der Waals surface area contributed by atoms with Gasteiger partial charge in [-0.15, -0.1) is 0 Å². The summed E-state index contributed by atoms with van der Waals surface area (Å²) in [4.78, 5) is 14.6. The summed E-state index contributed by atoms with van der Waals surface area (Å²) in [5, 5.41) is 12.5. The minimum atomic E-state index is -0.120. The van der Waals surface area contributed by atoms with Crippen LogP contribution in [-0.4, -0.2) is 48.2 Å². The summed E-state index contributed by atoms with van der Waals surface area (Å²) in [7, 11) is 0. The maximum absolute atomic E-state index is 12.2.